The molecule has 0 radical (unpaired) electrons. The Morgan fingerprint density at radius 3 is 2.21 bits per heavy atom. The lowest BCUT2D eigenvalue weighted by Crippen LogP contribution is -2.41. The van der Waals surface area contributed by atoms with Gasteiger partial charge in [0.25, 0.3) is 0 Å². The zero-order valence-corrected chi connectivity index (χ0v) is 31.5. The third-order valence-corrected chi connectivity index (χ3v) is 10.6. The summed E-state index contributed by atoms with van der Waals surface area (Å²) in [7, 11) is 1.94. The molecule has 2 aliphatic rings. The first-order valence-electron chi connectivity index (χ1n) is 16.5. The molecule has 15 nitrogen and oxygen atoms in total. The van der Waals surface area contributed by atoms with Gasteiger partial charge in [-0.05, 0) is 89.4 Å². The number of fused-ring (bicyclic) bond motifs is 3. The van der Waals surface area contributed by atoms with Gasteiger partial charge in [-0.25, -0.2) is 32.2 Å². The normalized spacial score (nSPS) is 18.5. The van der Waals surface area contributed by atoms with E-state index in [1.165, 1.54) is 40.6 Å². The molecule has 2 aromatic heterocycles. The lowest BCUT2D eigenvalue weighted by atomic mass is 9.91. The number of imide groups is 1. The van der Waals surface area contributed by atoms with E-state index < -0.39 is 44.7 Å². The van der Waals surface area contributed by atoms with Gasteiger partial charge < -0.3 is 24.3 Å². The average Bonchev–Trinajstić information content (AvgIpc) is 3.64. The van der Waals surface area contributed by atoms with Crippen LogP contribution in [0.5, 0.6) is 11.5 Å². The minimum absolute atomic E-state index is 0.0714. The lowest BCUT2D eigenvalue weighted by molar-refractivity contribution is -0.120. The number of carbonyl (C=O) groups excluding carboxylic acids is 3. The van der Waals surface area contributed by atoms with E-state index in [4.69, 9.17) is 18.9 Å². The van der Waals surface area contributed by atoms with Crippen molar-refractivity contribution >= 4 is 56.3 Å². The van der Waals surface area contributed by atoms with Crippen LogP contribution in [0.25, 0.3) is 10.9 Å². The second-order valence-electron chi connectivity index (χ2n) is 14.9. The van der Waals surface area contributed by atoms with Crippen molar-refractivity contribution in [3.8, 4) is 11.5 Å². The van der Waals surface area contributed by atoms with Crippen molar-refractivity contribution in [1.82, 2.24) is 19.1 Å². The first kappa shape index (κ1) is 36.6. The molecule has 2 aromatic carbocycles. The summed E-state index contributed by atoms with van der Waals surface area (Å²) in [5.41, 5.74) is -0.561. The molecule has 6 rings (SSSR count). The van der Waals surface area contributed by atoms with Gasteiger partial charge in [0.2, 0.25) is 15.9 Å². The topological polar surface area (TPSA) is 171 Å². The van der Waals surface area contributed by atoms with Gasteiger partial charge >= 0.3 is 12.2 Å². The highest BCUT2D eigenvalue weighted by Gasteiger charge is 2.68. The van der Waals surface area contributed by atoms with Gasteiger partial charge in [0.05, 0.1) is 30.8 Å². The number of ether oxygens (including phenoxy) is 4. The molecule has 1 N–H and O–H groups in total. The highest BCUT2D eigenvalue weighted by molar-refractivity contribution is 7.89. The Morgan fingerprint density at radius 2 is 1.60 bits per heavy atom. The molecule has 1 aliphatic heterocycles. The van der Waals surface area contributed by atoms with Crippen molar-refractivity contribution < 1.29 is 41.7 Å². The summed E-state index contributed by atoms with van der Waals surface area (Å²) in [5.74, 6) is 0.265. The number of nitrogens with one attached hydrogen (secondary N) is 1. The number of rotatable bonds is 7. The first-order chi connectivity index (χ1) is 24.2. The van der Waals surface area contributed by atoms with Gasteiger partial charge in [-0.15, -0.1) is 5.10 Å². The summed E-state index contributed by atoms with van der Waals surface area (Å²) in [6, 6.07) is 11.9. The van der Waals surface area contributed by atoms with Crippen LogP contribution in [0, 0.1) is 0 Å². The molecule has 1 saturated carbocycles. The number of pyridine rings is 1. The molecular weight excluding hydrogens is 692 g/mol. The maximum Gasteiger partial charge on any atom is 0.435 e. The van der Waals surface area contributed by atoms with Crippen molar-refractivity contribution in [3.63, 3.8) is 0 Å². The van der Waals surface area contributed by atoms with Gasteiger partial charge in [-0.3, -0.25) is 4.79 Å². The third kappa shape index (κ3) is 6.29. The Bertz CT molecular complexity index is 2240. The molecule has 16 heteroatoms. The van der Waals surface area contributed by atoms with E-state index in [1.807, 2.05) is 6.07 Å². The number of methoxy groups -OCH3 is 2. The molecule has 0 bridgehead atoms. The van der Waals surface area contributed by atoms with Crippen LogP contribution in [-0.4, -0.2) is 85.1 Å². The number of aromatic nitrogens is 3. The zero-order chi connectivity index (χ0) is 38.1. The molecule has 1 aliphatic carbocycles. The maximum absolute atomic E-state index is 14.3. The molecule has 4 aromatic rings. The molecule has 2 amide bonds. The van der Waals surface area contributed by atoms with Crippen LogP contribution in [0.2, 0.25) is 0 Å². The Balaban J connectivity index is 1.43. The minimum atomic E-state index is -3.80. The summed E-state index contributed by atoms with van der Waals surface area (Å²) in [5, 5.41) is 8.14. The summed E-state index contributed by atoms with van der Waals surface area (Å²) in [4.78, 5) is 46.5. The van der Waals surface area contributed by atoms with Crippen LogP contribution in [0.4, 0.5) is 26.9 Å². The van der Waals surface area contributed by atoms with E-state index in [0.717, 1.165) is 19.5 Å². The molecule has 3 heterocycles. The van der Waals surface area contributed by atoms with Crippen molar-refractivity contribution in [2.45, 2.75) is 75.4 Å². The van der Waals surface area contributed by atoms with Crippen LogP contribution in [0.15, 0.2) is 53.6 Å². The Morgan fingerprint density at radius 1 is 0.923 bits per heavy atom. The van der Waals surface area contributed by atoms with Crippen molar-refractivity contribution in [2.24, 2.45) is 0 Å². The SMILES string of the molecule is COc1ccc2c(c1)[C@]1(C[C@H]1c1ccc3c(Nc4ncc(S(=O)(=O)N(C)C)cc4OC)nn(C(=O)OC(C)(C)C)c3c1)C(=O)N2C(=O)OC(C)(C)C. The van der Waals surface area contributed by atoms with E-state index in [2.05, 4.69) is 15.4 Å². The molecule has 276 valence electrons. The largest absolute Gasteiger partial charge is 0.497 e. The smallest absolute Gasteiger partial charge is 0.435 e. The van der Waals surface area contributed by atoms with Gasteiger partial charge in [-0.1, -0.05) is 6.07 Å². The van der Waals surface area contributed by atoms with Gasteiger partial charge in [0.15, 0.2) is 17.4 Å². The van der Waals surface area contributed by atoms with E-state index in [1.54, 1.807) is 71.9 Å². The molecule has 1 fully saturated rings. The second kappa shape index (κ2) is 12.5. The Hall–Kier alpha value is -5.22. The van der Waals surface area contributed by atoms with E-state index in [0.29, 0.717) is 34.3 Å². The predicted octanol–water partition coefficient (Wildman–Crippen LogP) is 5.93. The molecule has 2 atom stereocenters. The zero-order valence-electron chi connectivity index (χ0n) is 30.7. The standard InChI is InChI=1S/C36H42N6O9S/c1-34(2,3)50-32(44)41-26-14-12-21(48-9)16-24(26)36(31(41)43)18-25(36)20-11-13-23-27(15-20)42(33(45)51-35(4,5)6)39-29(23)38-30-28(49-10)17-22(19-37-30)52(46,47)40(7)8/h11-17,19,25H,18H2,1-10H3,(H,37,38,39)/t25-,36-/m0/s1. The van der Waals surface area contributed by atoms with Crippen LogP contribution < -0.4 is 19.7 Å². The predicted molar refractivity (Wildman–Crippen MR) is 192 cm³/mol. The van der Waals surface area contributed by atoms with E-state index >= 15 is 0 Å². The quantitative estimate of drug-likeness (QED) is 0.238. The lowest BCUT2D eigenvalue weighted by Gasteiger charge is -2.24. The number of sulfonamides is 1. The monoisotopic (exact) mass is 734 g/mol. The second-order valence-corrected chi connectivity index (χ2v) is 17.0. The third-order valence-electron chi connectivity index (χ3n) is 8.78. The van der Waals surface area contributed by atoms with Crippen molar-refractivity contribution in [1.29, 1.82) is 0 Å². The van der Waals surface area contributed by atoms with Crippen molar-refractivity contribution in [3.05, 3.63) is 59.8 Å². The van der Waals surface area contributed by atoms with Crippen LogP contribution in [0.1, 0.15) is 65.0 Å². The first-order valence-corrected chi connectivity index (χ1v) is 17.9. The molecular formula is C36H42N6O9S. The molecule has 0 saturated heterocycles. The Labute approximate surface area is 301 Å². The number of carbonyl (C=O) groups is 3. The summed E-state index contributed by atoms with van der Waals surface area (Å²) in [6.07, 6.45) is 0.0797. The number of amides is 2. The van der Waals surface area contributed by atoms with Gasteiger partial charge in [0.1, 0.15) is 21.8 Å². The summed E-state index contributed by atoms with van der Waals surface area (Å²) in [6.45, 7) is 10.4. The van der Waals surface area contributed by atoms with Crippen LogP contribution in [0.3, 0.4) is 0 Å². The molecule has 52 heavy (non-hydrogen) atoms. The number of benzene rings is 2. The number of hydrogen-bond acceptors (Lipinski definition) is 12. The van der Waals surface area contributed by atoms with Gasteiger partial charge in [0, 0.05) is 37.7 Å². The number of nitrogens with zero attached hydrogens (tertiary/aromatic N) is 5. The summed E-state index contributed by atoms with van der Waals surface area (Å²) >= 11 is 0. The Kier molecular flexibility index (Phi) is 8.77. The fraction of sp³-hybridized carbons (Fsp3) is 0.417. The van der Waals surface area contributed by atoms with E-state index in [9.17, 15) is 22.8 Å². The fourth-order valence-corrected chi connectivity index (χ4v) is 7.20. The molecule has 1 spiro atoms. The highest BCUT2D eigenvalue weighted by atomic mass is 32.2. The fourth-order valence-electron chi connectivity index (χ4n) is 6.33. The maximum atomic E-state index is 14.3. The van der Waals surface area contributed by atoms with Crippen molar-refractivity contribution in [2.75, 3.05) is 38.5 Å². The van der Waals surface area contributed by atoms with E-state index in [-0.39, 0.29) is 28.2 Å². The summed E-state index contributed by atoms with van der Waals surface area (Å²) < 4.78 is 50.0. The number of hydrogen-bond donors (Lipinski definition) is 1. The van der Waals surface area contributed by atoms with Crippen LogP contribution >= 0.6 is 0 Å². The average molecular weight is 735 g/mol. The van der Waals surface area contributed by atoms with Crippen LogP contribution in [-0.2, 0) is 29.7 Å². The number of anilines is 3. The molecule has 0 unspecified atom stereocenters. The van der Waals surface area contributed by atoms with Gasteiger partial charge in [-0.2, -0.15) is 4.68 Å². The highest BCUT2D eigenvalue weighted by Crippen LogP contribution is 2.67. The minimum Gasteiger partial charge on any atom is -0.497 e.